The molecule has 0 fully saturated rings. The van der Waals surface area contributed by atoms with Crippen molar-refractivity contribution in [1.29, 1.82) is 0 Å². The van der Waals surface area contributed by atoms with Gasteiger partial charge in [-0.3, -0.25) is 9.59 Å². The summed E-state index contributed by atoms with van der Waals surface area (Å²) in [5, 5.41) is 6.51. The second-order valence-corrected chi connectivity index (χ2v) is 6.11. The van der Waals surface area contributed by atoms with Crippen LogP contribution in [0.2, 0.25) is 0 Å². The zero-order chi connectivity index (χ0) is 17.5. The highest BCUT2D eigenvalue weighted by molar-refractivity contribution is 7.99. The number of amides is 1. The zero-order valence-electron chi connectivity index (χ0n) is 13.2. The highest BCUT2D eigenvalue weighted by atomic mass is 32.2. The minimum absolute atomic E-state index is 0.164. The lowest BCUT2D eigenvalue weighted by molar-refractivity contribution is -0.113. The Bertz CT molecular complexity index is 895. The summed E-state index contributed by atoms with van der Waals surface area (Å²) in [6, 6.07) is 18.6. The molecule has 0 bridgehead atoms. The maximum Gasteiger partial charge on any atom is 0.251 e. The lowest BCUT2D eigenvalue weighted by atomic mass is 10.2. The number of nitrogens with zero attached hydrogens (tertiary/aromatic N) is 1. The summed E-state index contributed by atoms with van der Waals surface area (Å²) >= 11 is 1.18. The van der Waals surface area contributed by atoms with Crippen molar-refractivity contribution in [2.45, 2.75) is 5.16 Å². The summed E-state index contributed by atoms with van der Waals surface area (Å²) in [4.78, 5) is 29.7. The number of benzene rings is 2. The lowest BCUT2D eigenvalue weighted by Crippen LogP contribution is -2.15. The van der Waals surface area contributed by atoms with Crippen LogP contribution in [-0.2, 0) is 4.79 Å². The molecule has 126 valence electrons. The lowest BCUT2D eigenvalue weighted by Gasteiger charge is -2.08. The number of rotatable bonds is 6. The zero-order valence-corrected chi connectivity index (χ0v) is 14.0. The molecule has 0 saturated heterocycles. The van der Waals surface area contributed by atoms with E-state index in [4.69, 9.17) is 0 Å². The van der Waals surface area contributed by atoms with Crippen LogP contribution >= 0.6 is 11.8 Å². The second kappa shape index (κ2) is 8.16. The van der Waals surface area contributed by atoms with E-state index in [0.29, 0.717) is 10.8 Å². The number of hydrogen-bond acceptors (Lipinski definition) is 5. The monoisotopic (exact) mass is 352 g/mol. The van der Waals surface area contributed by atoms with Crippen LogP contribution in [0, 0.1) is 0 Å². The average Bonchev–Trinajstić information content (AvgIpc) is 2.63. The van der Waals surface area contributed by atoms with E-state index >= 15 is 0 Å². The molecule has 2 aromatic carbocycles. The second-order valence-electron chi connectivity index (χ2n) is 5.14. The summed E-state index contributed by atoms with van der Waals surface area (Å²) in [7, 11) is 0. The molecule has 25 heavy (non-hydrogen) atoms. The summed E-state index contributed by atoms with van der Waals surface area (Å²) in [5.74, 6) is -0.00276. The van der Waals surface area contributed by atoms with Crippen molar-refractivity contribution in [2.24, 2.45) is 0 Å². The quantitative estimate of drug-likeness (QED) is 0.468. The Morgan fingerprint density at radius 1 is 0.960 bits per heavy atom. The molecule has 7 heteroatoms. The normalized spacial score (nSPS) is 10.2. The highest BCUT2D eigenvalue weighted by Crippen LogP contribution is 2.19. The van der Waals surface area contributed by atoms with Crippen molar-refractivity contribution in [3.63, 3.8) is 0 Å². The van der Waals surface area contributed by atoms with E-state index in [9.17, 15) is 9.59 Å². The summed E-state index contributed by atoms with van der Waals surface area (Å²) < 4.78 is 0. The summed E-state index contributed by atoms with van der Waals surface area (Å²) in [6.45, 7) is 0. The van der Waals surface area contributed by atoms with Crippen molar-refractivity contribution in [3.8, 4) is 0 Å². The summed E-state index contributed by atoms with van der Waals surface area (Å²) in [5.41, 5.74) is 2.41. The largest absolute Gasteiger partial charge is 0.356 e. The van der Waals surface area contributed by atoms with Crippen molar-refractivity contribution in [3.05, 3.63) is 77.2 Å². The molecule has 0 unspecified atom stereocenters. The van der Waals surface area contributed by atoms with Crippen LogP contribution in [-0.4, -0.2) is 21.6 Å². The average molecular weight is 352 g/mol. The third kappa shape index (κ3) is 5.22. The van der Waals surface area contributed by atoms with Gasteiger partial charge in [-0.15, -0.1) is 0 Å². The van der Waals surface area contributed by atoms with E-state index in [0.717, 1.165) is 11.4 Å². The first-order chi connectivity index (χ1) is 12.2. The van der Waals surface area contributed by atoms with Crippen LogP contribution < -0.4 is 16.2 Å². The molecular weight excluding hydrogens is 336 g/mol. The van der Waals surface area contributed by atoms with Gasteiger partial charge in [0.25, 0.3) is 5.56 Å². The van der Waals surface area contributed by atoms with Crippen molar-refractivity contribution in [2.75, 3.05) is 16.4 Å². The first-order valence-corrected chi connectivity index (χ1v) is 8.58. The molecule has 6 nitrogen and oxygen atoms in total. The van der Waals surface area contributed by atoms with Crippen LogP contribution in [0.4, 0.5) is 17.1 Å². The molecule has 1 aromatic heterocycles. The molecule has 3 aromatic rings. The number of aromatic nitrogens is 2. The van der Waals surface area contributed by atoms with Crippen molar-refractivity contribution >= 4 is 34.7 Å². The molecule has 0 aliphatic carbocycles. The van der Waals surface area contributed by atoms with Gasteiger partial charge in [0.05, 0.1) is 5.75 Å². The third-order valence-corrected chi connectivity index (χ3v) is 4.11. The Labute approximate surface area is 148 Å². The van der Waals surface area contributed by atoms with Gasteiger partial charge in [-0.25, -0.2) is 4.98 Å². The molecule has 0 aliphatic heterocycles. The topological polar surface area (TPSA) is 86.9 Å². The summed E-state index contributed by atoms with van der Waals surface area (Å²) in [6.07, 6.45) is 1.41. The SMILES string of the molecule is O=C(CSc1nccc(=O)[nH]1)Nc1ccc(Nc2ccccc2)cc1. The molecule has 3 rings (SSSR count). The van der Waals surface area contributed by atoms with E-state index in [1.54, 1.807) is 0 Å². The van der Waals surface area contributed by atoms with E-state index in [2.05, 4.69) is 20.6 Å². The van der Waals surface area contributed by atoms with Gasteiger partial charge in [-0.05, 0) is 36.4 Å². The fraction of sp³-hybridized carbons (Fsp3) is 0.0556. The van der Waals surface area contributed by atoms with Gasteiger partial charge in [0.15, 0.2) is 5.16 Å². The number of hydrogen-bond donors (Lipinski definition) is 3. The number of para-hydroxylation sites is 1. The van der Waals surface area contributed by atoms with Crippen LogP contribution in [0.3, 0.4) is 0 Å². The van der Waals surface area contributed by atoms with E-state index in [1.165, 1.54) is 24.0 Å². The predicted octanol–water partition coefficient (Wildman–Crippen LogP) is 3.24. The van der Waals surface area contributed by atoms with Crippen molar-refractivity contribution < 1.29 is 4.79 Å². The standard InChI is InChI=1S/C18H16N4O2S/c23-16-10-11-19-18(22-16)25-12-17(24)21-15-8-6-14(7-9-15)20-13-4-2-1-3-5-13/h1-11,20H,12H2,(H,21,24)(H,19,22,23). The van der Waals surface area contributed by atoms with Gasteiger partial charge >= 0.3 is 0 Å². The fourth-order valence-corrected chi connectivity index (χ4v) is 2.73. The number of H-pyrrole nitrogens is 1. The van der Waals surface area contributed by atoms with Gasteiger partial charge in [-0.2, -0.15) is 0 Å². The number of carbonyl (C=O) groups excluding carboxylic acids is 1. The number of anilines is 3. The van der Waals surface area contributed by atoms with Gasteiger partial charge < -0.3 is 15.6 Å². The molecule has 0 atom stereocenters. The number of aromatic amines is 1. The Morgan fingerprint density at radius 2 is 1.64 bits per heavy atom. The number of nitrogens with one attached hydrogen (secondary N) is 3. The first-order valence-electron chi connectivity index (χ1n) is 7.59. The first kappa shape index (κ1) is 16.8. The van der Waals surface area contributed by atoms with E-state index in [1.807, 2.05) is 54.6 Å². The molecule has 0 spiro atoms. The smallest absolute Gasteiger partial charge is 0.251 e. The molecule has 1 amide bonds. The molecule has 0 radical (unpaired) electrons. The minimum atomic E-state index is -0.237. The van der Waals surface area contributed by atoms with Crippen LogP contribution in [0.25, 0.3) is 0 Å². The minimum Gasteiger partial charge on any atom is -0.356 e. The maximum absolute atomic E-state index is 12.0. The van der Waals surface area contributed by atoms with Crippen LogP contribution in [0.15, 0.2) is 76.8 Å². The third-order valence-electron chi connectivity index (χ3n) is 3.22. The number of carbonyl (C=O) groups is 1. The van der Waals surface area contributed by atoms with Crippen LogP contribution in [0.1, 0.15) is 0 Å². The Balaban J connectivity index is 1.52. The molecule has 0 aliphatic rings. The molecule has 1 heterocycles. The molecule has 0 saturated carbocycles. The Hall–Kier alpha value is -3.06. The van der Waals surface area contributed by atoms with Gasteiger partial charge in [0.1, 0.15) is 0 Å². The number of thioether (sulfide) groups is 1. The maximum atomic E-state index is 12.0. The van der Waals surface area contributed by atoms with E-state index in [-0.39, 0.29) is 17.2 Å². The molecular formula is C18H16N4O2S. The van der Waals surface area contributed by atoms with Gasteiger partial charge in [-0.1, -0.05) is 30.0 Å². The van der Waals surface area contributed by atoms with Crippen LogP contribution in [0.5, 0.6) is 0 Å². The highest BCUT2D eigenvalue weighted by Gasteiger charge is 2.05. The Morgan fingerprint density at radius 3 is 2.36 bits per heavy atom. The fourth-order valence-electron chi connectivity index (χ4n) is 2.08. The van der Waals surface area contributed by atoms with Gasteiger partial charge in [0, 0.05) is 29.3 Å². The van der Waals surface area contributed by atoms with Gasteiger partial charge in [0.2, 0.25) is 5.91 Å². The Kier molecular flexibility index (Phi) is 5.48. The molecule has 3 N–H and O–H groups in total. The van der Waals surface area contributed by atoms with E-state index < -0.39 is 0 Å². The van der Waals surface area contributed by atoms with Crippen molar-refractivity contribution in [1.82, 2.24) is 9.97 Å². The predicted molar refractivity (Wildman–Crippen MR) is 100 cm³/mol.